The number of carbonyl (C=O) groups is 3. The zero-order chi connectivity index (χ0) is 74.4. The Bertz CT molecular complexity index is 3190. The molecule has 32 nitrogen and oxygen atoms in total. The predicted molar refractivity (Wildman–Crippen MR) is 344 cm³/mol. The lowest BCUT2D eigenvalue weighted by Crippen LogP contribution is -2.71. The van der Waals surface area contributed by atoms with Crippen molar-refractivity contribution in [2.75, 3.05) is 40.6 Å². The van der Waals surface area contributed by atoms with Gasteiger partial charge in [-0.2, -0.15) is 0 Å². The third kappa shape index (κ3) is 13.6. The van der Waals surface area contributed by atoms with E-state index in [4.69, 9.17) is 61.6 Å². The van der Waals surface area contributed by atoms with Crippen LogP contribution in [0.2, 0.25) is 0 Å². The Morgan fingerprint density at radius 1 is 0.578 bits per heavy atom. The molecule has 9 fully saturated rings. The fourth-order valence-electron chi connectivity index (χ4n) is 19.3. The fraction of sp³-hybridized carbons (Fsp3) is 0.814. The number of ether oxygens (including phenoxy) is 13. The average molecular weight is 1460 g/mol. The van der Waals surface area contributed by atoms with Gasteiger partial charge in [-0.25, -0.2) is 4.79 Å². The maximum Gasteiger partial charge on any atom is 0.331 e. The minimum absolute atomic E-state index is 0.00308. The largest absolute Gasteiger partial charge is 0.493 e. The van der Waals surface area contributed by atoms with Crippen LogP contribution in [0.5, 0.6) is 11.5 Å². The number of aliphatic hydroxyl groups excluding tert-OH is 15. The molecular formula is C70H104O32. The molecule has 0 radical (unpaired) electrons. The Morgan fingerprint density at radius 2 is 1.16 bits per heavy atom. The summed E-state index contributed by atoms with van der Waals surface area (Å²) in [5, 5.41) is 178. The molecule has 5 aliphatic carbocycles. The SMILES string of the molecule is COc1ccc(C=CC(=O)O[C@H]2[C@H](O)[C@@H](O[C@@H]3O[C@H](C)[C@H](O[C@H]4OC[C@@H](O[C@H]5O[C@H](CO)[C@H](O)[C@@H](O)[C@H]5O)[C@@H](O)[C@@H]4O)[C@H](O)[C@H]3O)[C@@H](OC(=O)[C@@]34CCC(C)(C)C[C@H]3C3=CC[C@@H]5[C@]6(C)C[C@H](O)[C@H](O[C@H]7O[C@H](CO)[C@H](O)[C@H](O)[C@@H]7O)[C@@](C)(C(=O)O)[C@H]6CC[C@]5(C)[C@@]3(CO)CC4)O[C@H]2C)cc1OC. The lowest BCUT2D eigenvalue weighted by molar-refractivity contribution is -0.378. The summed E-state index contributed by atoms with van der Waals surface area (Å²) in [6, 6.07) is 4.88. The normalized spacial score (nSPS) is 48.6. The van der Waals surface area contributed by atoms with Gasteiger partial charge in [0, 0.05) is 11.5 Å². The lowest BCUT2D eigenvalue weighted by Gasteiger charge is -2.71. The molecule has 0 spiro atoms. The first-order valence-electron chi connectivity index (χ1n) is 35.2. The summed E-state index contributed by atoms with van der Waals surface area (Å²) < 4.78 is 76.7. The van der Waals surface area contributed by atoms with Crippen LogP contribution < -0.4 is 9.47 Å². The Balaban J connectivity index is 0.850. The molecule has 1 aromatic rings. The van der Waals surface area contributed by atoms with Crippen LogP contribution in [-0.2, 0) is 66.5 Å². The number of allylic oxidation sites excluding steroid dienone is 1. The van der Waals surface area contributed by atoms with Crippen LogP contribution in [0, 0.1) is 50.2 Å². The first kappa shape index (κ1) is 78.8. The molecule has 0 amide bonds. The van der Waals surface area contributed by atoms with E-state index in [2.05, 4.69) is 26.8 Å². The van der Waals surface area contributed by atoms with E-state index < -0.39 is 236 Å². The Kier molecular flexibility index (Phi) is 23.2. The standard InChI is InChI=1S/C70H104O32/c1-29-54(99-58-49(82)45(78)39(27-92-58)97-60-50(83)46(79)43(76)37(25-71)95-60)48(81)52(85)59(93-29)100-56-53(86)55(98-42(75)15-11-31-10-13-35(90-8)36(22-31)91-9)30(2)94-62(56)102-64(89)69-19-18-65(3,4)23-33(69)32-12-14-40-66(5)24-34(74)57(101-61-51(84)47(80)44(77)38(26-72)96-61)68(7,63(87)88)41(66)16-17-67(40,6)70(32,28-73)21-20-69/h10-13,15,22,29-30,33-34,37-41,43-62,71-74,76-86H,14,16-21,23-28H2,1-9H3,(H,87,88)/t29-,30+,33+,34+,37-,38-,39-,40-,41+,43+,44+,45-,46-,47+,48-,49+,50-,51+,52-,53+,54+,55-,56-,57+,58-,59+,60-,61-,62-,66+,67+,68+,69-,70-/m1/s1. The van der Waals surface area contributed by atoms with Crippen molar-refractivity contribution in [1.29, 1.82) is 0 Å². The number of carboxylic acid groups (broad SMARTS) is 1. The fourth-order valence-corrected chi connectivity index (χ4v) is 19.3. The summed E-state index contributed by atoms with van der Waals surface area (Å²) in [5.74, 6) is -3.91. The van der Waals surface area contributed by atoms with Crippen molar-refractivity contribution in [3.63, 3.8) is 0 Å². The molecule has 11 rings (SSSR count). The van der Waals surface area contributed by atoms with E-state index in [-0.39, 0.29) is 50.0 Å². The third-order valence-electron chi connectivity index (χ3n) is 25.2. The highest BCUT2D eigenvalue weighted by Crippen LogP contribution is 2.76. The summed E-state index contributed by atoms with van der Waals surface area (Å²) >= 11 is 0. The van der Waals surface area contributed by atoms with Gasteiger partial charge in [-0.1, -0.05) is 45.4 Å². The van der Waals surface area contributed by atoms with E-state index in [0.717, 1.165) is 11.6 Å². The lowest BCUT2D eigenvalue weighted by atomic mass is 9.33. The molecule has 4 saturated carbocycles. The van der Waals surface area contributed by atoms with E-state index in [0.29, 0.717) is 42.7 Å². The van der Waals surface area contributed by atoms with E-state index in [9.17, 15) is 91.3 Å². The van der Waals surface area contributed by atoms with E-state index >= 15 is 4.79 Å². The number of carbonyl (C=O) groups excluding carboxylic acids is 2. The topological polar surface area (TPSA) is 495 Å². The van der Waals surface area contributed by atoms with Crippen molar-refractivity contribution in [2.24, 2.45) is 50.2 Å². The minimum Gasteiger partial charge on any atom is -0.493 e. The molecule has 1 aromatic carbocycles. The van der Waals surface area contributed by atoms with Gasteiger partial charge in [0.25, 0.3) is 0 Å². The highest BCUT2D eigenvalue weighted by Gasteiger charge is 2.74. The molecular weight excluding hydrogens is 1350 g/mol. The number of benzene rings is 1. The van der Waals surface area contributed by atoms with Gasteiger partial charge in [-0.3, -0.25) is 9.59 Å². The molecule has 102 heavy (non-hydrogen) atoms. The van der Waals surface area contributed by atoms with E-state index in [1.165, 1.54) is 41.1 Å². The second-order valence-electron chi connectivity index (χ2n) is 31.3. The number of hydrogen-bond acceptors (Lipinski definition) is 31. The van der Waals surface area contributed by atoms with Gasteiger partial charge in [0.15, 0.2) is 48.9 Å². The number of rotatable bonds is 19. The van der Waals surface area contributed by atoms with Crippen LogP contribution in [0.1, 0.15) is 112 Å². The summed E-state index contributed by atoms with van der Waals surface area (Å²) in [5.41, 5.74) is -5.03. The molecule has 16 N–H and O–H groups in total. The smallest absolute Gasteiger partial charge is 0.331 e. The second-order valence-corrected chi connectivity index (χ2v) is 31.3. The van der Waals surface area contributed by atoms with Crippen molar-refractivity contribution in [1.82, 2.24) is 0 Å². The van der Waals surface area contributed by atoms with Crippen molar-refractivity contribution < 1.29 is 158 Å². The van der Waals surface area contributed by atoms with Gasteiger partial charge < -0.3 is 143 Å². The second kappa shape index (κ2) is 30.1. The van der Waals surface area contributed by atoms with Crippen LogP contribution in [0.4, 0.5) is 0 Å². The number of fused-ring (bicyclic) bond motifs is 7. The van der Waals surface area contributed by atoms with Gasteiger partial charge in [0.05, 0.1) is 69.8 Å². The third-order valence-corrected chi connectivity index (χ3v) is 25.2. The predicted octanol–water partition coefficient (Wildman–Crippen LogP) is -2.23. The number of esters is 2. The molecule has 576 valence electrons. The number of hydrogen-bond donors (Lipinski definition) is 16. The monoisotopic (exact) mass is 1460 g/mol. The molecule has 10 aliphatic rings. The Morgan fingerprint density at radius 3 is 1.77 bits per heavy atom. The summed E-state index contributed by atoms with van der Waals surface area (Å²) in [7, 11) is 2.90. The van der Waals surface area contributed by atoms with Crippen LogP contribution >= 0.6 is 0 Å². The maximum absolute atomic E-state index is 15.9. The Labute approximate surface area is 589 Å². The van der Waals surface area contributed by atoms with Crippen LogP contribution in [-0.4, -0.2) is 300 Å². The minimum atomic E-state index is -2.08. The van der Waals surface area contributed by atoms with Crippen molar-refractivity contribution >= 4 is 24.0 Å². The van der Waals surface area contributed by atoms with Gasteiger partial charge in [-0.15, -0.1) is 0 Å². The molecule has 32 heteroatoms. The number of carboxylic acids is 1. The van der Waals surface area contributed by atoms with Gasteiger partial charge >= 0.3 is 17.9 Å². The van der Waals surface area contributed by atoms with Gasteiger partial charge in [0.2, 0.25) is 6.29 Å². The summed E-state index contributed by atoms with van der Waals surface area (Å²) in [4.78, 5) is 43.6. The highest BCUT2D eigenvalue weighted by atomic mass is 16.8. The Hall–Kier alpha value is -4.25. The van der Waals surface area contributed by atoms with E-state index in [1.54, 1.807) is 18.2 Å². The first-order chi connectivity index (χ1) is 48.0. The van der Waals surface area contributed by atoms with Gasteiger partial charge in [-0.05, 0) is 136 Å². The van der Waals surface area contributed by atoms with Gasteiger partial charge in [0.1, 0.15) is 97.7 Å². The maximum atomic E-state index is 15.9. The average Bonchev–Trinajstić information content (AvgIpc) is 0.669. The zero-order valence-corrected chi connectivity index (χ0v) is 58.6. The molecule has 34 atom stereocenters. The molecule has 0 unspecified atom stereocenters. The molecule has 5 heterocycles. The quantitative estimate of drug-likeness (QED) is 0.0302. The number of methoxy groups -OCH3 is 2. The van der Waals surface area contributed by atoms with Crippen molar-refractivity contribution in [2.45, 2.75) is 266 Å². The number of aliphatic hydroxyl groups is 15. The van der Waals surface area contributed by atoms with Crippen molar-refractivity contribution in [3.8, 4) is 11.5 Å². The summed E-state index contributed by atoms with van der Waals surface area (Å²) in [6.07, 6.45) is -37.1. The molecule has 5 saturated heterocycles. The molecule has 5 aliphatic heterocycles. The number of aliphatic carboxylic acids is 1. The van der Waals surface area contributed by atoms with Crippen molar-refractivity contribution in [3.05, 3.63) is 41.5 Å². The van der Waals surface area contributed by atoms with Crippen LogP contribution in [0.25, 0.3) is 6.08 Å². The summed E-state index contributed by atoms with van der Waals surface area (Å²) in [6.45, 7) is 10.1. The highest BCUT2D eigenvalue weighted by molar-refractivity contribution is 5.87. The van der Waals surface area contributed by atoms with Crippen LogP contribution in [0.15, 0.2) is 35.9 Å². The molecule has 0 bridgehead atoms. The first-order valence-corrected chi connectivity index (χ1v) is 35.2. The van der Waals surface area contributed by atoms with Crippen LogP contribution in [0.3, 0.4) is 0 Å². The van der Waals surface area contributed by atoms with E-state index in [1.807, 2.05) is 6.92 Å². The zero-order valence-electron chi connectivity index (χ0n) is 58.6. The molecule has 0 aromatic heterocycles.